The van der Waals surface area contributed by atoms with Crippen LogP contribution in [0.15, 0.2) is 48.8 Å². The molecular formula is C17H20N2O2. The van der Waals surface area contributed by atoms with Crippen molar-refractivity contribution in [3.05, 3.63) is 54.4 Å². The second-order valence-corrected chi connectivity index (χ2v) is 5.05. The fourth-order valence-corrected chi connectivity index (χ4v) is 2.36. The van der Waals surface area contributed by atoms with Crippen molar-refractivity contribution in [1.82, 2.24) is 9.88 Å². The van der Waals surface area contributed by atoms with Gasteiger partial charge in [-0.2, -0.15) is 0 Å². The number of aromatic nitrogens is 1. The number of hydrogen-bond acceptors (Lipinski definition) is 3. The largest absolute Gasteiger partial charge is 0.480 e. The zero-order valence-electron chi connectivity index (χ0n) is 12.2. The SMILES string of the molecule is CCCN(CC(=O)O)Cc1cccc(-c2cccnc2)c1. The van der Waals surface area contributed by atoms with E-state index < -0.39 is 5.97 Å². The Balaban J connectivity index is 2.15. The molecule has 0 atom stereocenters. The summed E-state index contributed by atoms with van der Waals surface area (Å²) >= 11 is 0. The van der Waals surface area contributed by atoms with Crippen LogP contribution in [0.25, 0.3) is 11.1 Å². The maximum Gasteiger partial charge on any atom is 0.317 e. The van der Waals surface area contributed by atoms with Crippen LogP contribution in [-0.4, -0.2) is 34.0 Å². The highest BCUT2D eigenvalue weighted by atomic mass is 16.4. The molecule has 0 radical (unpaired) electrons. The molecule has 0 spiro atoms. The highest BCUT2D eigenvalue weighted by Crippen LogP contribution is 2.20. The van der Waals surface area contributed by atoms with Gasteiger partial charge in [0, 0.05) is 18.9 Å². The molecular weight excluding hydrogens is 264 g/mol. The van der Waals surface area contributed by atoms with Gasteiger partial charge < -0.3 is 5.11 Å². The van der Waals surface area contributed by atoms with Crippen LogP contribution in [0.5, 0.6) is 0 Å². The van der Waals surface area contributed by atoms with Crippen LogP contribution in [0.2, 0.25) is 0 Å². The Hall–Kier alpha value is -2.20. The second kappa shape index (κ2) is 7.55. The van der Waals surface area contributed by atoms with Crippen LogP contribution in [-0.2, 0) is 11.3 Å². The highest BCUT2D eigenvalue weighted by Gasteiger charge is 2.10. The summed E-state index contributed by atoms with van der Waals surface area (Å²) in [6.07, 6.45) is 4.53. The molecule has 4 heteroatoms. The van der Waals surface area contributed by atoms with Gasteiger partial charge in [0.25, 0.3) is 0 Å². The van der Waals surface area contributed by atoms with E-state index in [1.165, 1.54) is 0 Å². The van der Waals surface area contributed by atoms with Crippen molar-refractivity contribution >= 4 is 5.97 Å². The Morgan fingerprint density at radius 2 is 2.05 bits per heavy atom. The van der Waals surface area contributed by atoms with E-state index >= 15 is 0 Å². The normalized spacial score (nSPS) is 10.8. The molecule has 2 rings (SSSR count). The Kier molecular flexibility index (Phi) is 5.46. The number of rotatable bonds is 7. The Bertz CT molecular complexity index is 584. The summed E-state index contributed by atoms with van der Waals surface area (Å²) in [6.45, 7) is 3.56. The second-order valence-electron chi connectivity index (χ2n) is 5.05. The van der Waals surface area contributed by atoms with Crippen LogP contribution in [0.3, 0.4) is 0 Å². The minimum atomic E-state index is -0.785. The minimum Gasteiger partial charge on any atom is -0.480 e. The zero-order valence-corrected chi connectivity index (χ0v) is 12.2. The summed E-state index contributed by atoms with van der Waals surface area (Å²) < 4.78 is 0. The molecule has 0 amide bonds. The van der Waals surface area contributed by atoms with Gasteiger partial charge in [0.1, 0.15) is 0 Å². The van der Waals surface area contributed by atoms with Gasteiger partial charge in [0.15, 0.2) is 0 Å². The van der Waals surface area contributed by atoms with Crippen LogP contribution in [0.1, 0.15) is 18.9 Å². The van der Waals surface area contributed by atoms with Gasteiger partial charge in [-0.1, -0.05) is 31.2 Å². The van der Waals surface area contributed by atoms with E-state index in [2.05, 4.69) is 18.0 Å². The molecule has 110 valence electrons. The van der Waals surface area contributed by atoms with Gasteiger partial charge in [-0.15, -0.1) is 0 Å². The molecule has 1 aromatic heterocycles. The van der Waals surface area contributed by atoms with E-state index in [4.69, 9.17) is 5.11 Å². The molecule has 0 saturated heterocycles. The third-order valence-corrected chi connectivity index (χ3v) is 3.23. The van der Waals surface area contributed by atoms with Gasteiger partial charge in [0.2, 0.25) is 0 Å². The molecule has 4 nitrogen and oxygen atoms in total. The van der Waals surface area contributed by atoms with Crippen molar-refractivity contribution in [2.45, 2.75) is 19.9 Å². The summed E-state index contributed by atoms with van der Waals surface area (Å²) in [5, 5.41) is 8.97. The number of nitrogens with zero attached hydrogens (tertiary/aromatic N) is 2. The molecule has 2 aromatic rings. The number of pyridine rings is 1. The first-order valence-electron chi connectivity index (χ1n) is 7.12. The lowest BCUT2D eigenvalue weighted by molar-refractivity contribution is -0.138. The molecule has 1 aromatic carbocycles. The number of benzene rings is 1. The molecule has 0 aliphatic rings. The monoisotopic (exact) mass is 284 g/mol. The fraction of sp³-hybridized carbons (Fsp3) is 0.294. The van der Waals surface area contributed by atoms with Crippen molar-refractivity contribution in [2.75, 3.05) is 13.1 Å². The van der Waals surface area contributed by atoms with Crippen LogP contribution in [0, 0.1) is 0 Å². The third-order valence-electron chi connectivity index (χ3n) is 3.23. The maximum atomic E-state index is 10.9. The number of carbonyl (C=O) groups is 1. The molecule has 0 saturated carbocycles. The third kappa shape index (κ3) is 4.68. The first kappa shape index (κ1) is 15.2. The first-order chi connectivity index (χ1) is 10.2. The van der Waals surface area contributed by atoms with Gasteiger partial charge in [-0.25, -0.2) is 0 Å². The van der Waals surface area contributed by atoms with Gasteiger partial charge in [-0.3, -0.25) is 14.7 Å². The average molecular weight is 284 g/mol. The fourth-order valence-electron chi connectivity index (χ4n) is 2.36. The number of carboxylic acids is 1. The van der Waals surface area contributed by atoms with E-state index in [-0.39, 0.29) is 6.54 Å². The van der Waals surface area contributed by atoms with Crippen molar-refractivity contribution in [3.63, 3.8) is 0 Å². The Morgan fingerprint density at radius 1 is 1.24 bits per heavy atom. The summed E-state index contributed by atoms with van der Waals surface area (Å²) in [4.78, 5) is 17.0. The number of carboxylic acid groups (broad SMARTS) is 1. The van der Waals surface area contributed by atoms with Gasteiger partial charge >= 0.3 is 5.97 Å². The van der Waals surface area contributed by atoms with Gasteiger partial charge in [-0.05, 0) is 41.8 Å². The van der Waals surface area contributed by atoms with Crippen molar-refractivity contribution in [2.24, 2.45) is 0 Å². The van der Waals surface area contributed by atoms with Crippen LogP contribution >= 0.6 is 0 Å². The Morgan fingerprint density at radius 3 is 2.71 bits per heavy atom. The summed E-state index contributed by atoms with van der Waals surface area (Å²) in [6, 6.07) is 12.1. The standard InChI is InChI=1S/C17H20N2O2/c1-2-9-19(13-17(20)21)12-14-5-3-6-15(10-14)16-7-4-8-18-11-16/h3-8,10-11H,2,9,12-13H2,1H3,(H,20,21). The van der Waals surface area contributed by atoms with Gasteiger partial charge in [0.05, 0.1) is 6.54 Å². The van der Waals surface area contributed by atoms with Crippen LogP contribution < -0.4 is 0 Å². The maximum absolute atomic E-state index is 10.9. The topological polar surface area (TPSA) is 53.4 Å². The van der Waals surface area contributed by atoms with E-state index in [1.54, 1.807) is 6.20 Å². The van der Waals surface area contributed by atoms with E-state index in [0.717, 1.165) is 29.7 Å². The van der Waals surface area contributed by atoms with E-state index in [0.29, 0.717) is 6.54 Å². The smallest absolute Gasteiger partial charge is 0.317 e. The predicted molar refractivity (Wildman–Crippen MR) is 82.9 cm³/mol. The number of hydrogen-bond donors (Lipinski definition) is 1. The lowest BCUT2D eigenvalue weighted by Gasteiger charge is -2.19. The van der Waals surface area contributed by atoms with Crippen LogP contribution in [0.4, 0.5) is 0 Å². The molecule has 0 bridgehead atoms. The quantitative estimate of drug-likeness (QED) is 0.849. The summed E-state index contributed by atoms with van der Waals surface area (Å²) in [5.74, 6) is -0.785. The van der Waals surface area contributed by atoms with E-state index in [9.17, 15) is 4.79 Å². The molecule has 0 fully saturated rings. The predicted octanol–water partition coefficient (Wildman–Crippen LogP) is 3.05. The average Bonchev–Trinajstić information content (AvgIpc) is 2.48. The summed E-state index contributed by atoms with van der Waals surface area (Å²) in [5.41, 5.74) is 3.29. The van der Waals surface area contributed by atoms with Crippen molar-refractivity contribution < 1.29 is 9.90 Å². The number of aliphatic carboxylic acids is 1. The molecule has 0 unspecified atom stereocenters. The Labute approximate surface area is 125 Å². The lowest BCUT2D eigenvalue weighted by atomic mass is 10.0. The lowest BCUT2D eigenvalue weighted by Crippen LogP contribution is -2.30. The van der Waals surface area contributed by atoms with Crippen molar-refractivity contribution in [3.8, 4) is 11.1 Å². The first-order valence-corrected chi connectivity index (χ1v) is 7.12. The molecule has 0 aliphatic carbocycles. The zero-order chi connectivity index (χ0) is 15.1. The molecule has 21 heavy (non-hydrogen) atoms. The van der Waals surface area contributed by atoms with E-state index in [1.807, 2.05) is 41.4 Å². The highest BCUT2D eigenvalue weighted by molar-refractivity contribution is 5.69. The minimum absolute atomic E-state index is 0.0744. The molecule has 0 aliphatic heterocycles. The molecule has 1 N–H and O–H groups in total. The summed E-state index contributed by atoms with van der Waals surface area (Å²) in [7, 11) is 0. The molecule has 1 heterocycles. The van der Waals surface area contributed by atoms with Crippen molar-refractivity contribution in [1.29, 1.82) is 0 Å².